The van der Waals surface area contributed by atoms with Gasteiger partial charge in [-0.2, -0.15) is 0 Å². The molecule has 21 heavy (non-hydrogen) atoms. The van der Waals surface area contributed by atoms with Gasteiger partial charge in [-0.25, -0.2) is 0 Å². The second kappa shape index (κ2) is 5.76. The first-order valence-corrected chi connectivity index (χ1v) is 6.84. The summed E-state index contributed by atoms with van der Waals surface area (Å²) in [6.45, 7) is 0.389. The summed E-state index contributed by atoms with van der Waals surface area (Å²) in [6.07, 6.45) is -0.887. The predicted octanol–water partition coefficient (Wildman–Crippen LogP) is 2.68. The van der Waals surface area contributed by atoms with Crippen molar-refractivity contribution < 1.29 is 19.3 Å². The molecule has 2 aromatic rings. The molecule has 3 rings (SSSR count). The Morgan fingerprint density at radius 2 is 1.81 bits per heavy atom. The van der Waals surface area contributed by atoms with Crippen LogP contribution in [0.2, 0.25) is 0 Å². The Bertz CT molecular complexity index is 607. The number of benzene rings is 2. The van der Waals surface area contributed by atoms with Gasteiger partial charge in [-0.1, -0.05) is 24.3 Å². The average Bonchev–Trinajstić information content (AvgIpc) is 2.54. The topological polar surface area (TPSA) is 47.9 Å². The number of aliphatic hydroxyl groups is 1. The minimum absolute atomic E-state index is 0.268. The number of hydrogen-bond acceptors (Lipinski definition) is 4. The van der Waals surface area contributed by atoms with Gasteiger partial charge in [0.05, 0.1) is 26.7 Å². The minimum Gasteiger partial charge on any atom is -0.497 e. The molecule has 4 nitrogen and oxygen atoms in total. The summed E-state index contributed by atoms with van der Waals surface area (Å²) in [5.74, 6) is 1.29. The van der Waals surface area contributed by atoms with Gasteiger partial charge < -0.3 is 19.3 Å². The molecule has 2 aromatic carbocycles. The summed E-state index contributed by atoms with van der Waals surface area (Å²) in [5, 5.41) is 10.3. The lowest BCUT2D eigenvalue weighted by atomic mass is 9.85. The first-order valence-electron chi connectivity index (χ1n) is 6.84. The fraction of sp³-hybridized carbons (Fsp3) is 0.294. The van der Waals surface area contributed by atoms with Crippen molar-refractivity contribution in [1.29, 1.82) is 0 Å². The smallest absolute Gasteiger partial charge is 0.166 e. The molecule has 0 amide bonds. The second-order valence-electron chi connectivity index (χ2n) is 4.99. The number of fused-ring (bicyclic) bond motifs is 1. The minimum atomic E-state index is -0.887. The number of aliphatic hydroxyl groups excluding tert-OH is 1. The molecule has 1 aliphatic heterocycles. The fourth-order valence-corrected chi connectivity index (χ4v) is 2.80. The lowest BCUT2D eigenvalue weighted by molar-refractivity contribution is -0.126. The third-order valence-corrected chi connectivity index (χ3v) is 3.86. The van der Waals surface area contributed by atoms with Gasteiger partial charge in [-0.05, 0) is 29.3 Å². The molecule has 0 spiro atoms. The van der Waals surface area contributed by atoms with Gasteiger partial charge in [0.2, 0.25) is 0 Å². The van der Waals surface area contributed by atoms with Crippen molar-refractivity contribution in [3.63, 3.8) is 0 Å². The van der Waals surface area contributed by atoms with Crippen LogP contribution in [-0.2, 0) is 11.3 Å². The molecule has 4 heteroatoms. The van der Waals surface area contributed by atoms with E-state index in [0.717, 1.165) is 28.2 Å². The zero-order valence-electron chi connectivity index (χ0n) is 12.1. The first-order chi connectivity index (χ1) is 10.2. The number of ether oxygens (including phenoxy) is 3. The van der Waals surface area contributed by atoms with Crippen LogP contribution in [0.15, 0.2) is 42.5 Å². The van der Waals surface area contributed by atoms with Crippen molar-refractivity contribution >= 4 is 0 Å². The lowest BCUT2D eigenvalue weighted by Crippen LogP contribution is -2.29. The predicted molar refractivity (Wildman–Crippen MR) is 78.6 cm³/mol. The molecule has 0 fully saturated rings. The van der Waals surface area contributed by atoms with E-state index in [1.807, 2.05) is 42.5 Å². The largest absolute Gasteiger partial charge is 0.497 e. The highest BCUT2D eigenvalue weighted by molar-refractivity contribution is 5.49. The summed E-state index contributed by atoms with van der Waals surface area (Å²) >= 11 is 0. The Kier molecular flexibility index (Phi) is 3.82. The monoisotopic (exact) mass is 286 g/mol. The molecular weight excluding hydrogens is 268 g/mol. The third kappa shape index (κ3) is 2.48. The molecule has 1 N–H and O–H groups in total. The summed E-state index contributed by atoms with van der Waals surface area (Å²) < 4.78 is 16.1. The Hall–Kier alpha value is -2.04. The molecule has 1 heterocycles. The van der Waals surface area contributed by atoms with Crippen molar-refractivity contribution in [1.82, 2.24) is 0 Å². The van der Waals surface area contributed by atoms with Crippen LogP contribution in [0.3, 0.4) is 0 Å². The molecule has 0 bridgehead atoms. The quantitative estimate of drug-likeness (QED) is 0.942. The molecule has 0 aromatic heterocycles. The van der Waals surface area contributed by atoms with Crippen LogP contribution in [0.4, 0.5) is 0 Å². The van der Waals surface area contributed by atoms with Crippen LogP contribution in [0.25, 0.3) is 0 Å². The van der Waals surface area contributed by atoms with Crippen molar-refractivity contribution in [2.75, 3.05) is 14.2 Å². The van der Waals surface area contributed by atoms with E-state index < -0.39 is 6.29 Å². The maximum absolute atomic E-state index is 10.3. The number of rotatable bonds is 3. The first kappa shape index (κ1) is 13.9. The standard InChI is InChI=1S/C17H18O4/c1-19-13-8-6-11(7-9-13)16-15-12(10-21-17(16)18)4-3-5-14(15)20-2/h3-9,16-18H,10H2,1-2H3/t16-,17-/m1/s1. The number of methoxy groups -OCH3 is 2. The van der Waals surface area contributed by atoms with Crippen molar-refractivity contribution in [2.24, 2.45) is 0 Å². The van der Waals surface area contributed by atoms with Crippen molar-refractivity contribution in [2.45, 2.75) is 18.8 Å². The van der Waals surface area contributed by atoms with Gasteiger partial charge >= 0.3 is 0 Å². The van der Waals surface area contributed by atoms with E-state index in [-0.39, 0.29) is 5.92 Å². The second-order valence-corrected chi connectivity index (χ2v) is 4.99. The van der Waals surface area contributed by atoms with E-state index in [4.69, 9.17) is 14.2 Å². The van der Waals surface area contributed by atoms with E-state index in [1.54, 1.807) is 14.2 Å². The van der Waals surface area contributed by atoms with Crippen LogP contribution in [0, 0.1) is 0 Å². The van der Waals surface area contributed by atoms with Crippen molar-refractivity contribution in [3.8, 4) is 11.5 Å². The normalized spacial score (nSPS) is 20.7. The van der Waals surface area contributed by atoms with Crippen LogP contribution in [0.5, 0.6) is 11.5 Å². The molecule has 0 radical (unpaired) electrons. The van der Waals surface area contributed by atoms with E-state index in [0.29, 0.717) is 6.61 Å². The average molecular weight is 286 g/mol. The molecule has 0 saturated heterocycles. The van der Waals surface area contributed by atoms with Gasteiger partial charge in [0.1, 0.15) is 11.5 Å². The lowest BCUT2D eigenvalue weighted by Gasteiger charge is -2.32. The van der Waals surface area contributed by atoms with Gasteiger partial charge in [-0.3, -0.25) is 0 Å². The SMILES string of the molecule is COc1ccc([C@@H]2c3c(cccc3OC)CO[C@H]2O)cc1. The molecule has 0 unspecified atom stereocenters. The summed E-state index contributed by atoms with van der Waals surface area (Å²) in [6, 6.07) is 13.5. The molecule has 110 valence electrons. The van der Waals surface area contributed by atoms with Crippen molar-refractivity contribution in [3.05, 3.63) is 59.2 Å². The molecule has 1 aliphatic rings. The van der Waals surface area contributed by atoms with Gasteiger partial charge in [0.25, 0.3) is 0 Å². The zero-order chi connectivity index (χ0) is 14.8. The van der Waals surface area contributed by atoms with E-state index in [9.17, 15) is 5.11 Å². The molecule has 0 saturated carbocycles. The zero-order valence-corrected chi connectivity index (χ0v) is 12.1. The summed E-state index contributed by atoms with van der Waals surface area (Å²) in [5.41, 5.74) is 3.00. The Morgan fingerprint density at radius 1 is 1.05 bits per heavy atom. The molecule has 0 aliphatic carbocycles. The fourth-order valence-electron chi connectivity index (χ4n) is 2.80. The Balaban J connectivity index is 2.09. The number of hydrogen-bond donors (Lipinski definition) is 1. The Morgan fingerprint density at radius 3 is 2.48 bits per heavy atom. The van der Waals surface area contributed by atoms with Gasteiger partial charge in [-0.15, -0.1) is 0 Å². The van der Waals surface area contributed by atoms with Gasteiger partial charge in [0.15, 0.2) is 6.29 Å². The van der Waals surface area contributed by atoms with Crippen LogP contribution in [0.1, 0.15) is 22.6 Å². The van der Waals surface area contributed by atoms with E-state index >= 15 is 0 Å². The Labute approximate surface area is 123 Å². The third-order valence-electron chi connectivity index (χ3n) is 3.86. The maximum atomic E-state index is 10.3. The molecular formula is C17H18O4. The maximum Gasteiger partial charge on any atom is 0.166 e. The van der Waals surface area contributed by atoms with Crippen LogP contribution >= 0.6 is 0 Å². The van der Waals surface area contributed by atoms with Crippen LogP contribution < -0.4 is 9.47 Å². The van der Waals surface area contributed by atoms with Gasteiger partial charge in [0, 0.05) is 5.56 Å². The summed E-state index contributed by atoms with van der Waals surface area (Å²) in [7, 11) is 3.27. The van der Waals surface area contributed by atoms with E-state index in [1.165, 1.54) is 0 Å². The highest BCUT2D eigenvalue weighted by atomic mass is 16.6. The van der Waals surface area contributed by atoms with E-state index in [2.05, 4.69) is 0 Å². The summed E-state index contributed by atoms with van der Waals surface area (Å²) in [4.78, 5) is 0. The highest BCUT2D eigenvalue weighted by Crippen LogP contribution is 2.41. The highest BCUT2D eigenvalue weighted by Gasteiger charge is 2.33. The molecule has 2 atom stereocenters. The van der Waals surface area contributed by atoms with Crippen LogP contribution in [-0.4, -0.2) is 25.6 Å².